The smallest absolute Gasteiger partial charge is 0.0468 e. The molecule has 0 amide bonds. The normalized spacial score (nSPS) is 13.1. The van der Waals surface area contributed by atoms with Crippen LogP contribution in [0.5, 0.6) is 0 Å². The molecule has 0 radical (unpaired) electrons. The number of rotatable bonds is 0. The van der Waals surface area contributed by atoms with Gasteiger partial charge < -0.3 is 9.84 Å². The van der Waals surface area contributed by atoms with Crippen LogP contribution in [0.25, 0.3) is 0 Å². The highest BCUT2D eigenvalue weighted by atomic mass is 16.5. The Labute approximate surface area is 96.7 Å². The van der Waals surface area contributed by atoms with E-state index in [1.54, 1.807) is 0 Å². The third-order valence-corrected chi connectivity index (χ3v) is 1.51. The number of aliphatic hydroxyl groups excluding tert-OH is 1. The average Bonchev–Trinajstić information content (AvgIpc) is 2.40. The maximum Gasteiger partial charge on any atom is 0.0468 e. The Morgan fingerprint density at radius 1 is 0.933 bits per heavy atom. The highest BCUT2D eigenvalue weighted by Crippen LogP contribution is 2.11. The molecule has 0 atom stereocenters. The van der Waals surface area contributed by atoms with Gasteiger partial charge in [-0.15, -0.1) is 26.3 Å². The standard InChI is InChI=1S/C6H12O.C2H6.2C2H4.CH4O/c1-6-2-4-7-5-3-6;4*1-2/h6H,2-5H2,1H3;1-2H3;2*1-2H2;2H,1H3. The molecule has 2 heteroatoms. The fraction of sp³-hybridized carbons (Fsp3) is 0.692. The molecule has 1 aliphatic heterocycles. The van der Waals surface area contributed by atoms with Crippen molar-refractivity contribution in [3.63, 3.8) is 0 Å². The van der Waals surface area contributed by atoms with E-state index in [-0.39, 0.29) is 0 Å². The molecule has 2 nitrogen and oxygen atoms in total. The van der Waals surface area contributed by atoms with Gasteiger partial charge in [0, 0.05) is 20.3 Å². The summed E-state index contributed by atoms with van der Waals surface area (Å²) >= 11 is 0. The first-order valence-electron chi connectivity index (χ1n) is 5.42. The molecule has 1 fully saturated rings. The predicted molar refractivity (Wildman–Crippen MR) is 71.2 cm³/mol. The van der Waals surface area contributed by atoms with Crippen molar-refractivity contribution >= 4 is 0 Å². The second-order valence-corrected chi connectivity index (χ2v) is 2.29. The average molecular weight is 218 g/mol. The van der Waals surface area contributed by atoms with Gasteiger partial charge in [-0.05, 0) is 18.8 Å². The van der Waals surface area contributed by atoms with Crippen molar-refractivity contribution in [2.45, 2.75) is 33.6 Å². The van der Waals surface area contributed by atoms with Gasteiger partial charge in [-0.25, -0.2) is 0 Å². The van der Waals surface area contributed by atoms with Crippen molar-refractivity contribution in [1.29, 1.82) is 0 Å². The first-order chi connectivity index (χ1) is 7.39. The largest absolute Gasteiger partial charge is 0.400 e. The van der Waals surface area contributed by atoms with Crippen LogP contribution in [0.4, 0.5) is 0 Å². The molecule has 1 N–H and O–H groups in total. The zero-order valence-corrected chi connectivity index (χ0v) is 11.1. The lowest BCUT2D eigenvalue weighted by Gasteiger charge is -2.16. The zero-order chi connectivity index (χ0) is 13.1. The van der Waals surface area contributed by atoms with E-state index in [1.807, 2.05) is 13.8 Å². The molecular weight excluding hydrogens is 188 g/mol. The molecule has 94 valence electrons. The third-order valence-electron chi connectivity index (χ3n) is 1.51. The van der Waals surface area contributed by atoms with E-state index in [4.69, 9.17) is 9.84 Å². The predicted octanol–water partition coefficient (Wildman–Crippen LogP) is 3.67. The summed E-state index contributed by atoms with van der Waals surface area (Å²) in [5, 5.41) is 7.00. The van der Waals surface area contributed by atoms with E-state index in [0.717, 1.165) is 26.2 Å². The van der Waals surface area contributed by atoms with Crippen LogP contribution in [0.15, 0.2) is 26.3 Å². The van der Waals surface area contributed by atoms with E-state index in [0.29, 0.717) is 0 Å². The molecule has 1 saturated heterocycles. The van der Waals surface area contributed by atoms with Gasteiger partial charge in [-0.2, -0.15) is 0 Å². The minimum Gasteiger partial charge on any atom is -0.400 e. The molecule has 0 unspecified atom stereocenters. The minimum atomic E-state index is 0.911. The van der Waals surface area contributed by atoms with Crippen LogP contribution in [0.2, 0.25) is 0 Å². The van der Waals surface area contributed by atoms with Gasteiger partial charge in [0.05, 0.1) is 0 Å². The van der Waals surface area contributed by atoms with Gasteiger partial charge in [0.1, 0.15) is 0 Å². The second kappa shape index (κ2) is 37.6. The highest BCUT2D eigenvalue weighted by Gasteiger charge is 2.06. The van der Waals surface area contributed by atoms with Gasteiger partial charge in [0.15, 0.2) is 0 Å². The Morgan fingerprint density at radius 2 is 1.20 bits per heavy atom. The fourth-order valence-electron chi connectivity index (χ4n) is 0.815. The number of aliphatic hydroxyl groups is 1. The summed E-state index contributed by atoms with van der Waals surface area (Å²) in [6.07, 6.45) is 2.53. The van der Waals surface area contributed by atoms with Gasteiger partial charge in [-0.3, -0.25) is 0 Å². The zero-order valence-electron chi connectivity index (χ0n) is 11.1. The van der Waals surface area contributed by atoms with Crippen molar-refractivity contribution in [2.75, 3.05) is 20.3 Å². The number of hydrogen-bond donors (Lipinski definition) is 1. The van der Waals surface area contributed by atoms with Crippen molar-refractivity contribution in [3.8, 4) is 0 Å². The Morgan fingerprint density at radius 3 is 1.33 bits per heavy atom. The maximum atomic E-state index is 7.00. The molecule has 0 aromatic heterocycles. The van der Waals surface area contributed by atoms with Crippen molar-refractivity contribution in [2.24, 2.45) is 5.92 Å². The molecule has 1 rings (SSSR count). The van der Waals surface area contributed by atoms with E-state index >= 15 is 0 Å². The van der Waals surface area contributed by atoms with Gasteiger partial charge >= 0.3 is 0 Å². The Bertz CT molecular complexity index is 66.9. The van der Waals surface area contributed by atoms with Crippen molar-refractivity contribution in [1.82, 2.24) is 0 Å². The number of ether oxygens (including phenoxy) is 1. The van der Waals surface area contributed by atoms with E-state index in [1.165, 1.54) is 12.8 Å². The fourth-order valence-corrected chi connectivity index (χ4v) is 0.815. The SMILES string of the molecule is C=C.C=C.CC.CC1CCOCC1.CO. The topological polar surface area (TPSA) is 29.5 Å². The molecule has 1 heterocycles. The summed E-state index contributed by atoms with van der Waals surface area (Å²) in [6, 6.07) is 0. The number of hydrogen-bond acceptors (Lipinski definition) is 2. The summed E-state index contributed by atoms with van der Waals surface area (Å²) in [7, 11) is 1.00. The molecular formula is C13H30O2. The lowest BCUT2D eigenvalue weighted by Crippen LogP contribution is -2.12. The van der Waals surface area contributed by atoms with Gasteiger partial charge in [0.25, 0.3) is 0 Å². The van der Waals surface area contributed by atoms with E-state index < -0.39 is 0 Å². The molecule has 1 aliphatic rings. The van der Waals surface area contributed by atoms with E-state index in [9.17, 15) is 0 Å². The van der Waals surface area contributed by atoms with Crippen LogP contribution < -0.4 is 0 Å². The summed E-state index contributed by atoms with van der Waals surface area (Å²) in [6.45, 7) is 20.3. The Hall–Kier alpha value is -0.600. The first kappa shape index (κ1) is 23.9. The summed E-state index contributed by atoms with van der Waals surface area (Å²) in [5.41, 5.74) is 0. The Balaban J connectivity index is -0.0000000650. The van der Waals surface area contributed by atoms with Crippen LogP contribution in [0.1, 0.15) is 33.6 Å². The second-order valence-electron chi connectivity index (χ2n) is 2.29. The molecule has 0 aliphatic carbocycles. The summed E-state index contributed by atoms with van der Waals surface area (Å²) in [4.78, 5) is 0. The monoisotopic (exact) mass is 218 g/mol. The quantitative estimate of drug-likeness (QED) is 0.629. The van der Waals surface area contributed by atoms with Gasteiger partial charge in [-0.1, -0.05) is 20.8 Å². The highest BCUT2D eigenvalue weighted by molar-refractivity contribution is 4.55. The van der Waals surface area contributed by atoms with Crippen LogP contribution in [-0.2, 0) is 4.74 Å². The molecule has 0 aromatic carbocycles. The lowest BCUT2D eigenvalue weighted by molar-refractivity contribution is 0.0716. The Kier molecular flexibility index (Phi) is 60.0. The van der Waals surface area contributed by atoms with Crippen LogP contribution in [0.3, 0.4) is 0 Å². The first-order valence-corrected chi connectivity index (χ1v) is 5.42. The van der Waals surface area contributed by atoms with Crippen LogP contribution in [0, 0.1) is 5.92 Å². The summed E-state index contributed by atoms with van der Waals surface area (Å²) in [5.74, 6) is 0.911. The van der Waals surface area contributed by atoms with Gasteiger partial charge in [0.2, 0.25) is 0 Å². The molecule has 15 heavy (non-hydrogen) atoms. The van der Waals surface area contributed by atoms with Crippen LogP contribution in [-0.4, -0.2) is 25.4 Å². The summed E-state index contributed by atoms with van der Waals surface area (Å²) < 4.78 is 5.14. The maximum absolute atomic E-state index is 7.00. The van der Waals surface area contributed by atoms with Crippen molar-refractivity contribution in [3.05, 3.63) is 26.3 Å². The van der Waals surface area contributed by atoms with Crippen LogP contribution >= 0.6 is 0 Å². The molecule has 0 bridgehead atoms. The minimum absolute atomic E-state index is 0.911. The third kappa shape index (κ3) is 31.8. The lowest BCUT2D eigenvalue weighted by atomic mass is 10.0. The molecule has 0 spiro atoms. The molecule has 0 aromatic rings. The molecule has 0 saturated carbocycles. The van der Waals surface area contributed by atoms with Crippen molar-refractivity contribution < 1.29 is 9.84 Å². The van der Waals surface area contributed by atoms with E-state index in [2.05, 4.69) is 33.2 Å².